The summed E-state index contributed by atoms with van der Waals surface area (Å²) in [4.78, 5) is 33.6. The van der Waals surface area contributed by atoms with Gasteiger partial charge in [0, 0.05) is 27.3 Å². The fourth-order valence-electron chi connectivity index (χ4n) is 5.22. The molecule has 0 aromatic heterocycles. The summed E-state index contributed by atoms with van der Waals surface area (Å²) < 4.78 is 10.5. The summed E-state index contributed by atoms with van der Waals surface area (Å²) in [6.07, 6.45) is 0.450. The van der Waals surface area contributed by atoms with E-state index in [0.29, 0.717) is 29.0 Å². The van der Waals surface area contributed by atoms with E-state index in [1.807, 2.05) is 48.5 Å². The molecule has 2 heterocycles. The minimum atomic E-state index is -0.338. The van der Waals surface area contributed by atoms with E-state index in [1.165, 1.54) is 14.2 Å². The van der Waals surface area contributed by atoms with Crippen molar-refractivity contribution in [1.82, 2.24) is 0 Å². The van der Waals surface area contributed by atoms with Gasteiger partial charge in [-0.15, -0.1) is 0 Å². The van der Waals surface area contributed by atoms with Crippen LogP contribution in [0.3, 0.4) is 0 Å². The van der Waals surface area contributed by atoms with Gasteiger partial charge in [0.05, 0.1) is 56.4 Å². The molecule has 4 aromatic rings. The monoisotopic (exact) mass is 690 g/mol. The minimum absolute atomic E-state index is 0.241. The first-order valence-corrected chi connectivity index (χ1v) is 16.2. The summed E-state index contributed by atoms with van der Waals surface area (Å²) in [7, 11) is 2.94. The molecule has 43 heavy (non-hydrogen) atoms. The number of thioether (sulfide) groups is 2. The fourth-order valence-corrected chi connectivity index (χ4v) is 9.28. The SMILES string of the molecule is COc1c(Cl)cc(C(=O)N2c3ccccc3SC2CC2Sc3ccccc3N2C(=O)c2cc(Cl)c(OC)c(Cl)c2)cc1Cl. The smallest absolute Gasteiger partial charge is 0.259 e. The van der Waals surface area contributed by atoms with Crippen LogP contribution in [0.4, 0.5) is 11.4 Å². The van der Waals surface area contributed by atoms with Crippen LogP contribution in [0.2, 0.25) is 20.1 Å². The van der Waals surface area contributed by atoms with Crippen molar-refractivity contribution in [2.75, 3.05) is 24.0 Å². The zero-order chi connectivity index (χ0) is 30.4. The summed E-state index contributed by atoms with van der Waals surface area (Å²) in [6, 6.07) is 21.7. The number of rotatable bonds is 6. The first-order chi connectivity index (χ1) is 20.7. The molecule has 0 spiro atoms. The molecular weight excluding hydrogens is 670 g/mol. The van der Waals surface area contributed by atoms with Gasteiger partial charge in [-0.05, 0) is 48.5 Å². The molecule has 0 aliphatic carbocycles. The van der Waals surface area contributed by atoms with E-state index in [9.17, 15) is 9.59 Å². The fraction of sp³-hybridized carbons (Fsp3) is 0.161. The van der Waals surface area contributed by atoms with Crippen molar-refractivity contribution in [3.8, 4) is 11.5 Å². The first kappa shape index (κ1) is 30.3. The highest BCUT2D eigenvalue weighted by Gasteiger charge is 2.42. The highest BCUT2D eigenvalue weighted by atomic mass is 35.5. The van der Waals surface area contributed by atoms with Crippen molar-refractivity contribution >= 4 is 93.1 Å². The number of fused-ring (bicyclic) bond motifs is 2. The van der Waals surface area contributed by atoms with Crippen molar-refractivity contribution in [3.63, 3.8) is 0 Å². The van der Waals surface area contributed by atoms with Gasteiger partial charge in [0.1, 0.15) is 0 Å². The van der Waals surface area contributed by atoms with E-state index in [0.717, 1.165) is 21.2 Å². The van der Waals surface area contributed by atoms with Crippen molar-refractivity contribution in [2.24, 2.45) is 0 Å². The quantitative estimate of drug-likeness (QED) is 0.201. The van der Waals surface area contributed by atoms with Crippen LogP contribution < -0.4 is 19.3 Å². The van der Waals surface area contributed by atoms with Crippen molar-refractivity contribution in [1.29, 1.82) is 0 Å². The van der Waals surface area contributed by atoms with Gasteiger partial charge in [-0.3, -0.25) is 19.4 Å². The van der Waals surface area contributed by atoms with Crippen LogP contribution in [0.15, 0.2) is 82.6 Å². The molecule has 2 atom stereocenters. The molecule has 2 amide bonds. The Morgan fingerprint density at radius 2 is 1.00 bits per heavy atom. The minimum Gasteiger partial charge on any atom is -0.494 e. The Bertz CT molecular complexity index is 1600. The largest absolute Gasteiger partial charge is 0.494 e. The molecule has 220 valence electrons. The number of anilines is 2. The third-order valence-electron chi connectivity index (χ3n) is 7.09. The molecule has 0 bridgehead atoms. The third kappa shape index (κ3) is 5.54. The summed E-state index contributed by atoms with van der Waals surface area (Å²) in [5.41, 5.74) is 2.21. The van der Waals surface area contributed by atoms with Crippen molar-refractivity contribution in [3.05, 3.63) is 104 Å². The molecule has 12 heteroatoms. The average molecular weight is 692 g/mol. The van der Waals surface area contributed by atoms with E-state index in [1.54, 1.807) is 57.6 Å². The number of carbonyl (C=O) groups excluding carboxylic acids is 2. The van der Waals surface area contributed by atoms with Gasteiger partial charge in [0.25, 0.3) is 11.8 Å². The maximum atomic E-state index is 14.1. The van der Waals surface area contributed by atoms with E-state index >= 15 is 0 Å². The standard InChI is InChI=1S/C31H22Cl4N2O4S2/c1-40-28-18(32)11-16(12-19(28)33)30(38)36-22-7-3-5-9-24(22)42-26(36)15-27-37(23-8-4-6-10-25(23)43-27)31(39)17-13-20(34)29(41-2)21(35)14-17/h3-14,26-27H,15H2,1-2H3. The van der Waals surface area contributed by atoms with Crippen molar-refractivity contribution < 1.29 is 19.1 Å². The predicted octanol–water partition coefficient (Wildman–Crippen LogP) is 9.56. The zero-order valence-electron chi connectivity index (χ0n) is 22.6. The highest BCUT2D eigenvalue weighted by molar-refractivity contribution is 8.01. The van der Waals surface area contributed by atoms with Crippen LogP contribution in [0.5, 0.6) is 11.5 Å². The van der Waals surface area contributed by atoms with Crippen LogP contribution in [-0.2, 0) is 0 Å². The summed E-state index contributed by atoms with van der Waals surface area (Å²) >= 11 is 28.8. The number of halogens is 4. The van der Waals surface area contributed by atoms with Crippen LogP contribution in [0.25, 0.3) is 0 Å². The van der Waals surface area contributed by atoms with Crippen LogP contribution >= 0.6 is 69.9 Å². The third-order valence-corrected chi connectivity index (χ3v) is 10.8. The van der Waals surface area contributed by atoms with E-state index < -0.39 is 0 Å². The molecule has 2 unspecified atom stereocenters. The van der Waals surface area contributed by atoms with Gasteiger partial charge in [-0.1, -0.05) is 94.2 Å². The average Bonchev–Trinajstić information content (AvgIpc) is 3.53. The lowest BCUT2D eigenvalue weighted by Gasteiger charge is -2.31. The second-order valence-corrected chi connectivity index (χ2v) is 13.7. The van der Waals surface area contributed by atoms with E-state index in [2.05, 4.69) is 0 Å². The van der Waals surface area contributed by atoms with Crippen LogP contribution in [0, 0.1) is 0 Å². The predicted molar refractivity (Wildman–Crippen MR) is 176 cm³/mol. The maximum absolute atomic E-state index is 14.1. The number of benzene rings is 4. The number of methoxy groups -OCH3 is 2. The Balaban J connectivity index is 1.36. The normalized spacial score (nSPS) is 17.1. The number of amides is 2. The second-order valence-electron chi connectivity index (χ2n) is 9.61. The van der Waals surface area contributed by atoms with Crippen molar-refractivity contribution in [2.45, 2.75) is 27.0 Å². The molecule has 0 fully saturated rings. The van der Waals surface area contributed by atoms with Gasteiger partial charge in [0.2, 0.25) is 0 Å². The van der Waals surface area contributed by atoms with Crippen LogP contribution in [0.1, 0.15) is 27.1 Å². The number of nitrogens with zero attached hydrogens (tertiary/aromatic N) is 2. The maximum Gasteiger partial charge on any atom is 0.259 e. The lowest BCUT2D eigenvalue weighted by Crippen LogP contribution is -2.42. The lowest BCUT2D eigenvalue weighted by molar-refractivity contribution is 0.0984. The van der Waals surface area contributed by atoms with Gasteiger partial charge < -0.3 is 9.47 Å². The second kappa shape index (κ2) is 12.3. The van der Waals surface area contributed by atoms with Gasteiger partial charge >= 0.3 is 0 Å². The molecule has 2 aliphatic rings. The molecule has 0 saturated heterocycles. The highest BCUT2D eigenvalue weighted by Crippen LogP contribution is 2.51. The molecule has 4 aromatic carbocycles. The van der Waals surface area contributed by atoms with E-state index in [4.69, 9.17) is 55.9 Å². The number of hydrogen-bond donors (Lipinski definition) is 0. The van der Waals surface area contributed by atoms with Gasteiger partial charge in [-0.25, -0.2) is 0 Å². The Kier molecular flexibility index (Phi) is 8.70. The van der Waals surface area contributed by atoms with E-state index in [-0.39, 0.29) is 42.7 Å². The Hall–Kier alpha value is -2.72. The molecule has 2 aliphatic heterocycles. The summed E-state index contributed by atoms with van der Waals surface area (Å²) in [6.45, 7) is 0. The van der Waals surface area contributed by atoms with Crippen LogP contribution in [-0.4, -0.2) is 36.8 Å². The molecule has 0 saturated carbocycles. The number of ether oxygens (including phenoxy) is 2. The molecular formula is C31H22Cl4N2O4S2. The summed E-state index contributed by atoms with van der Waals surface area (Å²) in [5.74, 6) is 0.0864. The number of para-hydroxylation sites is 2. The number of hydrogen-bond acceptors (Lipinski definition) is 6. The van der Waals surface area contributed by atoms with Gasteiger partial charge in [-0.2, -0.15) is 0 Å². The van der Waals surface area contributed by atoms with Gasteiger partial charge in [0.15, 0.2) is 11.5 Å². The first-order valence-electron chi connectivity index (χ1n) is 13.0. The summed E-state index contributed by atoms with van der Waals surface area (Å²) in [5, 5.41) is 0.288. The molecule has 6 rings (SSSR count). The lowest BCUT2D eigenvalue weighted by atomic mass is 10.1. The molecule has 0 N–H and O–H groups in total. The Morgan fingerprint density at radius 1 is 0.651 bits per heavy atom. The number of carbonyl (C=O) groups is 2. The topological polar surface area (TPSA) is 59.1 Å². The molecule has 0 radical (unpaired) electrons. The Morgan fingerprint density at radius 3 is 1.35 bits per heavy atom. The zero-order valence-corrected chi connectivity index (χ0v) is 27.3. The molecule has 6 nitrogen and oxygen atoms in total. The Labute approximate surface area is 277 Å².